The average Bonchev–Trinajstić information content (AvgIpc) is 3.40. The summed E-state index contributed by atoms with van der Waals surface area (Å²) in [7, 11) is 0. The number of carboxylic acids is 2. The minimum atomic E-state index is -1.26. The lowest BCUT2D eigenvalue weighted by Gasteiger charge is -2.24. The van der Waals surface area contributed by atoms with Crippen molar-refractivity contribution in [3.05, 3.63) is 72.0 Å². The van der Waals surface area contributed by atoms with Gasteiger partial charge in [0, 0.05) is 18.2 Å². The van der Waals surface area contributed by atoms with Crippen LogP contribution in [-0.2, 0) is 16.1 Å². The number of benzene rings is 1. The Morgan fingerprint density at radius 2 is 1.81 bits per heavy atom. The fourth-order valence-electron chi connectivity index (χ4n) is 2.81. The molecule has 0 fully saturated rings. The van der Waals surface area contributed by atoms with E-state index in [1.165, 1.54) is 11.1 Å². The van der Waals surface area contributed by atoms with Gasteiger partial charge in [-0.05, 0) is 30.0 Å². The summed E-state index contributed by atoms with van der Waals surface area (Å²) in [6.45, 7) is 7.10. The molecule has 0 aliphatic carbocycles. The molecule has 3 rings (SSSR count). The molecule has 0 bridgehead atoms. The summed E-state index contributed by atoms with van der Waals surface area (Å²) < 4.78 is 10.3. The summed E-state index contributed by atoms with van der Waals surface area (Å²) in [6, 6.07) is 10.5. The molecule has 0 saturated carbocycles. The molecule has 164 valence electrons. The molecule has 0 aliphatic rings. The second-order valence-corrected chi connectivity index (χ2v) is 7.00. The maximum atomic E-state index is 9.55. The number of aliphatic carboxylic acids is 2. The van der Waals surface area contributed by atoms with Crippen LogP contribution in [0.4, 0.5) is 0 Å². The van der Waals surface area contributed by atoms with Crippen molar-refractivity contribution in [2.75, 3.05) is 0 Å². The lowest BCUT2D eigenvalue weighted by atomic mass is 9.92. The summed E-state index contributed by atoms with van der Waals surface area (Å²) in [5, 5.41) is 23.2. The standard InChI is InChI=1S/C18H21N3O2.C4H4O4/c1-12(2)17(15-7-5-4-6-13(15)3)19-10-16-20-18(23-21-16)14-8-9-22-11-14;5-3(6)1-2-4(7)8/h4-9,11-12,17,19H,10H2,1-3H3;1-2H,(H,5,6)(H,7,8)/b;2-1+. The van der Waals surface area contributed by atoms with Gasteiger partial charge < -0.3 is 24.5 Å². The Hall–Kier alpha value is -3.72. The Morgan fingerprint density at radius 1 is 1.13 bits per heavy atom. The van der Waals surface area contributed by atoms with Crippen LogP contribution < -0.4 is 5.32 Å². The smallest absolute Gasteiger partial charge is 0.328 e. The van der Waals surface area contributed by atoms with Crippen molar-refractivity contribution in [3.63, 3.8) is 0 Å². The molecule has 9 nitrogen and oxygen atoms in total. The van der Waals surface area contributed by atoms with E-state index in [1.807, 2.05) is 0 Å². The molecular formula is C22H25N3O6. The molecule has 1 aromatic carbocycles. The van der Waals surface area contributed by atoms with Gasteiger partial charge in [-0.3, -0.25) is 0 Å². The van der Waals surface area contributed by atoms with Crippen LogP contribution in [0.5, 0.6) is 0 Å². The minimum absolute atomic E-state index is 0.243. The molecule has 2 heterocycles. The van der Waals surface area contributed by atoms with Crippen LogP contribution in [0.2, 0.25) is 0 Å². The second kappa shape index (κ2) is 11.5. The molecule has 0 saturated heterocycles. The van der Waals surface area contributed by atoms with Gasteiger partial charge in [0.05, 0.1) is 18.4 Å². The Balaban J connectivity index is 0.000000366. The van der Waals surface area contributed by atoms with Gasteiger partial charge in [-0.25, -0.2) is 9.59 Å². The van der Waals surface area contributed by atoms with Crippen LogP contribution >= 0.6 is 0 Å². The van der Waals surface area contributed by atoms with Crippen molar-refractivity contribution >= 4 is 11.9 Å². The van der Waals surface area contributed by atoms with Crippen molar-refractivity contribution < 1.29 is 28.7 Å². The van der Waals surface area contributed by atoms with Crippen molar-refractivity contribution in [1.82, 2.24) is 15.5 Å². The van der Waals surface area contributed by atoms with Gasteiger partial charge in [0.25, 0.3) is 5.89 Å². The third kappa shape index (κ3) is 7.56. The quantitative estimate of drug-likeness (QED) is 0.458. The number of carboxylic acid groups (broad SMARTS) is 2. The first-order valence-corrected chi connectivity index (χ1v) is 9.56. The van der Waals surface area contributed by atoms with E-state index in [0.29, 0.717) is 36.3 Å². The molecule has 1 atom stereocenters. The van der Waals surface area contributed by atoms with E-state index in [1.54, 1.807) is 18.6 Å². The van der Waals surface area contributed by atoms with E-state index in [9.17, 15) is 9.59 Å². The number of hydrogen-bond acceptors (Lipinski definition) is 7. The highest BCUT2D eigenvalue weighted by atomic mass is 16.5. The number of carbonyl (C=O) groups is 2. The maximum absolute atomic E-state index is 9.55. The van der Waals surface area contributed by atoms with E-state index in [4.69, 9.17) is 19.2 Å². The van der Waals surface area contributed by atoms with Crippen molar-refractivity contribution in [2.24, 2.45) is 5.92 Å². The normalized spacial score (nSPS) is 11.9. The van der Waals surface area contributed by atoms with Gasteiger partial charge in [0.15, 0.2) is 5.82 Å². The lowest BCUT2D eigenvalue weighted by molar-refractivity contribution is -0.134. The Labute approximate surface area is 179 Å². The zero-order chi connectivity index (χ0) is 22.8. The topological polar surface area (TPSA) is 139 Å². The van der Waals surface area contributed by atoms with Crippen molar-refractivity contribution in [2.45, 2.75) is 33.4 Å². The average molecular weight is 427 g/mol. The fraction of sp³-hybridized carbons (Fsp3) is 0.273. The van der Waals surface area contributed by atoms with Crippen LogP contribution in [0.3, 0.4) is 0 Å². The van der Waals surface area contributed by atoms with Crippen LogP contribution in [0, 0.1) is 12.8 Å². The molecule has 3 N–H and O–H groups in total. The van der Waals surface area contributed by atoms with Crippen LogP contribution in [0.1, 0.15) is 36.8 Å². The molecule has 0 aliphatic heterocycles. The summed E-state index contributed by atoms with van der Waals surface area (Å²) in [5.74, 6) is -0.941. The summed E-state index contributed by atoms with van der Waals surface area (Å²) in [4.78, 5) is 23.5. The van der Waals surface area contributed by atoms with Gasteiger partial charge in [0.2, 0.25) is 0 Å². The van der Waals surface area contributed by atoms with E-state index in [2.05, 4.69) is 60.5 Å². The van der Waals surface area contributed by atoms with Gasteiger partial charge >= 0.3 is 11.9 Å². The Kier molecular flexibility index (Phi) is 8.71. The zero-order valence-corrected chi connectivity index (χ0v) is 17.5. The minimum Gasteiger partial charge on any atom is -0.478 e. The Bertz CT molecular complexity index is 992. The first-order valence-electron chi connectivity index (χ1n) is 9.56. The third-order valence-electron chi connectivity index (χ3n) is 4.27. The van der Waals surface area contributed by atoms with E-state index in [-0.39, 0.29) is 6.04 Å². The lowest BCUT2D eigenvalue weighted by Crippen LogP contribution is -2.26. The van der Waals surface area contributed by atoms with E-state index in [0.717, 1.165) is 5.56 Å². The number of nitrogens with one attached hydrogen (secondary N) is 1. The second-order valence-electron chi connectivity index (χ2n) is 7.00. The van der Waals surface area contributed by atoms with Gasteiger partial charge in [0.1, 0.15) is 6.26 Å². The highest BCUT2D eigenvalue weighted by Crippen LogP contribution is 2.25. The Morgan fingerprint density at radius 3 is 2.35 bits per heavy atom. The number of nitrogens with zero attached hydrogens (tertiary/aromatic N) is 2. The third-order valence-corrected chi connectivity index (χ3v) is 4.27. The first kappa shape index (κ1) is 23.6. The predicted molar refractivity (Wildman–Crippen MR) is 112 cm³/mol. The summed E-state index contributed by atoms with van der Waals surface area (Å²) >= 11 is 0. The molecule has 3 aromatic rings. The first-order chi connectivity index (χ1) is 14.8. The van der Waals surface area contributed by atoms with Gasteiger partial charge in [-0.2, -0.15) is 4.98 Å². The summed E-state index contributed by atoms with van der Waals surface area (Å²) in [5.41, 5.74) is 3.38. The molecule has 2 aromatic heterocycles. The van der Waals surface area contributed by atoms with Crippen LogP contribution in [0.25, 0.3) is 11.5 Å². The molecule has 0 spiro atoms. The van der Waals surface area contributed by atoms with Gasteiger partial charge in [-0.15, -0.1) is 0 Å². The van der Waals surface area contributed by atoms with Crippen LogP contribution in [0.15, 0.2) is 64.0 Å². The maximum Gasteiger partial charge on any atom is 0.328 e. The number of rotatable bonds is 8. The SMILES string of the molecule is Cc1ccccc1C(NCc1noc(-c2ccoc2)n1)C(C)C.O=C(O)/C=C/C(=O)O. The molecular weight excluding hydrogens is 402 g/mol. The zero-order valence-electron chi connectivity index (χ0n) is 17.5. The largest absolute Gasteiger partial charge is 0.478 e. The van der Waals surface area contributed by atoms with E-state index >= 15 is 0 Å². The monoisotopic (exact) mass is 427 g/mol. The molecule has 9 heteroatoms. The van der Waals surface area contributed by atoms with Crippen molar-refractivity contribution in [3.8, 4) is 11.5 Å². The predicted octanol–water partition coefficient (Wildman–Crippen LogP) is 3.84. The molecule has 1 unspecified atom stereocenters. The highest BCUT2D eigenvalue weighted by molar-refractivity contribution is 5.89. The number of aryl methyl sites for hydroxylation is 1. The summed E-state index contributed by atoms with van der Waals surface area (Å²) in [6.07, 6.45) is 4.30. The van der Waals surface area contributed by atoms with Crippen LogP contribution in [-0.4, -0.2) is 32.3 Å². The number of aromatic nitrogens is 2. The highest BCUT2D eigenvalue weighted by Gasteiger charge is 2.18. The van der Waals surface area contributed by atoms with Gasteiger partial charge in [-0.1, -0.05) is 43.3 Å². The van der Waals surface area contributed by atoms with Crippen molar-refractivity contribution in [1.29, 1.82) is 0 Å². The number of hydrogen-bond donors (Lipinski definition) is 3. The van der Waals surface area contributed by atoms with E-state index < -0.39 is 11.9 Å². The number of furan rings is 1. The molecule has 0 amide bonds. The molecule has 0 radical (unpaired) electrons. The fourth-order valence-corrected chi connectivity index (χ4v) is 2.81. The molecule has 31 heavy (non-hydrogen) atoms.